The number of hydrogen-bond acceptors (Lipinski definition) is 4. The summed E-state index contributed by atoms with van der Waals surface area (Å²) >= 11 is 0. The van der Waals surface area contributed by atoms with Gasteiger partial charge in [0.2, 0.25) is 5.91 Å². The zero-order valence-electron chi connectivity index (χ0n) is 12.3. The molecule has 3 rings (SSSR count). The van der Waals surface area contributed by atoms with Crippen LogP contribution in [0.4, 0.5) is 0 Å². The summed E-state index contributed by atoms with van der Waals surface area (Å²) in [6.07, 6.45) is 6.93. The van der Waals surface area contributed by atoms with Crippen LogP contribution in [0.25, 0.3) is 0 Å². The maximum atomic E-state index is 12.2. The lowest BCUT2D eigenvalue weighted by Gasteiger charge is -2.30. The summed E-state index contributed by atoms with van der Waals surface area (Å²) in [6.45, 7) is 4.35. The first-order chi connectivity index (χ1) is 9.83. The second kappa shape index (κ2) is 6.87. The molecule has 2 atom stereocenters. The van der Waals surface area contributed by atoms with Crippen molar-refractivity contribution in [2.24, 2.45) is 0 Å². The molecule has 2 unspecified atom stereocenters. The van der Waals surface area contributed by atoms with Gasteiger partial charge in [-0.15, -0.1) is 0 Å². The zero-order valence-corrected chi connectivity index (χ0v) is 12.3. The Hall–Kier alpha value is -0.650. The average molecular weight is 281 g/mol. The van der Waals surface area contributed by atoms with Gasteiger partial charge in [-0.25, -0.2) is 0 Å². The zero-order chi connectivity index (χ0) is 13.8. The molecule has 0 spiro atoms. The number of likely N-dealkylation sites (tertiary alicyclic amines) is 1. The fourth-order valence-corrected chi connectivity index (χ4v) is 3.84. The Morgan fingerprint density at radius 2 is 2.05 bits per heavy atom. The van der Waals surface area contributed by atoms with Gasteiger partial charge in [0.15, 0.2) is 0 Å². The number of ether oxygens (including phenoxy) is 1. The predicted octanol–water partition coefficient (Wildman–Crippen LogP) is 0.498. The van der Waals surface area contributed by atoms with Crippen molar-refractivity contribution in [3.63, 3.8) is 0 Å². The van der Waals surface area contributed by atoms with Crippen LogP contribution in [0.3, 0.4) is 0 Å². The van der Waals surface area contributed by atoms with Gasteiger partial charge >= 0.3 is 0 Å². The summed E-state index contributed by atoms with van der Waals surface area (Å²) in [5.74, 6) is 0.196. The van der Waals surface area contributed by atoms with E-state index in [9.17, 15) is 4.79 Å². The number of carbonyl (C=O) groups is 1. The summed E-state index contributed by atoms with van der Waals surface area (Å²) in [5, 5.41) is 6.77. The Morgan fingerprint density at radius 1 is 1.20 bits per heavy atom. The number of hydrogen-bond donors (Lipinski definition) is 2. The average Bonchev–Trinajstić information content (AvgIpc) is 3.10. The maximum absolute atomic E-state index is 12.2. The normalized spacial score (nSPS) is 32.6. The number of carbonyl (C=O) groups excluding carboxylic acids is 1. The quantitative estimate of drug-likeness (QED) is 0.788. The molecule has 0 aromatic carbocycles. The van der Waals surface area contributed by atoms with E-state index in [1.54, 1.807) is 0 Å². The molecule has 3 heterocycles. The Kier molecular flexibility index (Phi) is 4.91. The Balaban J connectivity index is 1.46. The van der Waals surface area contributed by atoms with Crippen LogP contribution in [0.1, 0.15) is 38.5 Å². The largest absolute Gasteiger partial charge is 0.381 e. The smallest absolute Gasteiger partial charge is 0.234 e. The van der Waals surface area contributed by atoms with Crippen LogP contribution < -0.4 is 10.6 Å². The number of amides is 1. The Labute approximate surface area is 121 Å². The fraction of sp³-hybridized carbons (Fsp3) is 0.933. The molecule has 3 fully saturated rings. The number of nitrogens with one attached hydrogen (secondary N) is 2. The van der Waals surface area contributed by atoms with Crippen molar-refractivity contribution < 1.29 is 9.53 Å². The summed E-state index contributed by atoms with van der Waals surface area (Å²) in [5.41, 5.74) is 0. The van der Waals surface area contributed by atoms with E-state index in [0.717, 1.165) is 39.1 Å². The molecule has 0 aromatic rings. The van der Waals surface area contributed by atoms with Crippen LogP contribution in [0.5, 0.6) is 0 Å². The summed E-state index contributed by atoms with van der Waals surface area (Å²) in [4.78, 5) is 14.6. The first-order valence-corrected chi connectivity index (χ1v) is 8.17. The highest BCUT2D eigenvalue weighted by Crippen LogP contribution is 2.24. The molecule has 0 aromatic heterocycles. The van der Waals surface area contributed by atoms with Crippen molar-refractivity contribution >= 4 is 5.91 Å². The fourth-order valence-electron chi connectivity index (χ4n) is 3.84. The van der Waals surface area contributed by atoms with E-state index >= 15 is 0 Å². The molecule has 1 amide bonds. The van der Waals surface area contributed by atoms with Crippen LogP contribution in [0, 0.1) is 0 Å². The lowest BCUT2D eigenvalue weighted by Crippen LogP contribution is -2.49. The van der Waals surface area contributed by atoms with E-state index in [2.05, 4.69) is 15.5 Å². The second-order valence-electron chi connectivity index (χ2n) is 6.34. The van der Waals surface area contributed by atoms with Crippen LogP contribution in [-0.4, -0.2) is 61.8 Å². The molecule has 3 saturated heterocycles. The molecule has 0 radical (unpaired) electrons. The molecule has 3 aliphatic rings. The van der Waals surface area contributed by atoms with Gasteiger partial charge in [0.25, 0.3) is 0 Å². The van der Waals surface area contributed by atoms with Crippen molar-refractivity contribution in [1.29, 1.82) is 0 Å². The summed E-state index contributed by atoms with van der Waals surface area (Å²) < 4.78 is 5.33. The summed E-state index contributed by atoms with van der Waals surface area (Å²) in [7, 11) is 0. The molecule has 114 valence electrons. The van der Waals surface area contributed by atoms with Gasteiger partial charge in [0.05, 0.1) is 6.54 Å². The van der Waals surface area contributed by atoms with Crippen molar-refractivity contribution in [1.82, 2.24) is 15.5 Å². The minimum absolute atomic E-state index is 0.196. The van der Waals surface area contributed by atoms with Gasteiger partial charge in [0, 0.05) is 31.3 Å². The molecule has 0 aliphatic carbocycles. The molecule has 3 aliphatic heterocycles. The second-order valence-corrected chi connectivity index (χ2v) is 6.34. The molecular weight excluding hydrogens is 254 g/mol. The SMILES string of the molecule is O=C(CN1CCCC1C1CCCN1)NC1CCOCC1. The van der Waals surface area contributed by atoms with E-state index < -0.39 is 0 Å². The molecular formula is C15H27N3O2. The van der Waals surface area contributed by atoms with Crippen LogP contribution in [0.15, 0.2) is 0 Å². The minimum Gasteiger partial charge on any atom is -0.381 e. The van der Waals surface area contributed by atoms with E-state index in [0.29, 0.717) is 24.7 Å². The molecule has 0 saturated carbocycles. The highest BCUT2D eigenvalue weighted by atomic mass is 16.5. The standard InChI is InChI=1S/C15H27N3O2/c19-15(17-12-5-9-20-10-6-12)11-18-8-2-4-14(18)13-3-1-7-16-13/h12-14,16H,1-11H2,(H,17,19). The maximum Gasteiger partial charge on any atom is 0.234 e. The molecule has 5 nitrogen and oxygen atoms in total. The minimum atomic E-state index is 0.196. The Bertz CT molecular complexity index is 325. The topological polar surface area (TPSA) is 53.6 Å². The van der Waals surface area contributed by atoms with Crippen LogP contribution in [0.2, 0.25) is 0 Å². The van der Waals surface area contributed by atoms with Gasteiger partial charge in [0.1, 0.15) is 0 Å². The van der Waals surface area contributed by atoms with Crippen LogP contribution >= 0.6 is 0 Å². The van der Waals surface area contributed by atoms with E-state index in [1.165, 1.54) is 25.7 Å². The molecule has 20 heavy (non-hydrogen) atoms. The first-order valence-electron chi connectivity index (χ1n) is 8.17. The monoisotopic (exact) mass is 281 g/mol. The summed E-state index contributed by atoms with van der Waals surface area (Å²) in [6, 6.07) is 1.49. The third-order valence-corrected chi connectivity index (χ3v) is 4.91. The van der Waals surface area contributed by atoms with E-state index in [-0.39, 0.29) is 5.91 Å². The van der Waals surface area contributed by atoms with Gasteiger partial charge in [-0.3, -0.25) is 9.69 Å². The predicted molar refractivity (Wildman–Crippen MR) is 77.6 cm³/mol. The van der Waals surface area contributed by atoms with Gasteiger partial charge in [-0.05, 0) is 51.6 Å². The number of nitrogens with zero attached hydrogens (tertiary/aromatic N) is 1. The first kappa shape index (κ1) is 14.3. The van der Waals surface area contributed by atoms with E-state index in [1.807, 2.05) is 0 Å². The molecule has 0 bridgehead atoms. The van der Waals surface area contributed by atoms with Crippen molar-refractivity contribution in [2.45, 2.75) is 56.7 Å². The van der Waals surface area contributed by atoms with Crippen LogP contribution in [-0.2, 0) is 9.53 Å². The van der Waals surface area contributed by atoms with Crippen molar-refractivity contribution in [3.8, 4) is 0 Å². The van der Waals surface area contributed by atoms with Crippen molar-refractivity contribution in [3.05, 3.63) is 0 Å². The lowest BCUT2D eigenvalue weighted by atomic mass is 10.0. The number of rotatable bonds is 4. The van der Waals surface area contributed by atoms with Gasteiger partial charge in [-0.1, -0.05) is 0 Å². The Morgan fingerprint density at radius 3 is 2.80 bits per heavy atom. The third kappa shape index (κ3) is 3.51. The van der Waals surface area contributed by atoms with Gasteiger partial charge in [-0.2, -0.15) is 0 Å². The van der Waals surface area contributed by atoms with Gasteiger partial charge < -0.3 is 15.4 Å². The van der Waals surface area contributed by atoms with Crippen molar-refractivity contribution in [2.75, 3.05) is 32.8 Å². The highest BCUT2D eigenvalue weighted by Gasteiger charge is 2.34. The molecule has 5 heteroatoms. The third-order valence-electron chi connectivity index (χ3n) is 4.91. The van der Waals surface area contributed by atoms with E-state index in [4.69, 9.17) is 4.74 Å². The lowest BCUT2D eigenvalue weighted by molar-refractivity contribution is -0.123. The molecule has 2 N–H and O–H groups in total. The highest BCUT2D eigenvalue weighted by molar-refractivity contribution is 5.78.